The van der Waals surface area contributed by atoms with Crippen LogP contribution in [0.4, 0.5) is 0 Å². The Morgan fingerprint density at radius 2 is 1.94 bits per heavy atom. The molecule has 1 aliphatic rings. The van der Waals surface area contributed by atoms with Crippen molar-refractivity contribution in [3.05, 3.63) is 0 Å². The smallest absolute Gasteiger partial charge is 0.226 e. The SMILES string of the molecule is CCC1(C)CCN(C(=O)C(C)CNC)CC1.Cl. The van der Waals surface area contributed by atoms with E-state index in [1.807, 2.05) is 18.9 Å². The van der Waals surface area contributed by atoms with E-state index in [9.17, 15) is 4.79 Å². The summed E-state index contributed by atoms with van der Waals surface area (Å²) in [6.07, 6.45) is 3.53. The summed E-state index contributed by atoms with van der Waals surface area (Å²) in [6, 6.07) is 0. The van der Waals surface area contributed by atoms with Gasteiger partial charge in [0.1, 0.15) is 0 Å². The largest absolute Gasteiger partial charge is 0.342 e. The number of hydrogen-bond acceptors (Lipinski definition) is 2. The van der Waals surface area contributed by atoms with Crippen LogP contribution in [0.25, 0.3) is 0 Å². The van der Waals surface area contributed by atoms with Crippen molar-refractivity contribution < 1.29 is 4.79 Å². The third kappa shape index (κ3) is 4.47. The molecule has 1 unspecified atom stereocenters. The van der Waals surface area contributed by atoms with Crippen molar-refractivity contribution in [2.75, 3.05) is 26.7 Å². The fourth-order valence-corrected chi connectivity index (χ4v) is 2.33. The highest BCUT2D eigenvalue weighted by atomic mass is 35.5. The van der Waals surface area contributed by atoms with Crippen LogP contribution in [0.15, 0.2) is 0 Å². The van der Waals surface area contributed by atoms with Gasteiger partial charge in [0, 0.05) is 25.6 Å². The Bertz CT molecular complexity index is 238. The normalized spacial score (nSPS) is 20.6. The van der Waals surface area contributed by atoms with Gasteiger partial charge in [0.25, 0.3) is 0 Å². The Morgan fingerprint density at radius 1 is 1.41 bits per heavy atom. The third-order valence-corrected chi connectivity index (χ3v) is 4.07. The molecule has 3 nitrogen and oxygen atoms in total. The van der Waals surface area contributed by atoms with E-state index in [0.29, 0.717) is 11.3 Å². The predicted octanol–water partition coefficient (Wildman–Crippen LogP) is 2.30. The number of halogens is 1. The van der Waals surface area contributed by atoms with Crippen LogP contribution in [0.2, 0.25) is 0 Å². The van der Waals surface area contributed by atoms with E-state index in [1.54, 1.807) is 0 Å². The first-order valence-corrected chi connectivity index (χ1v) is 6.46. The maximum atomic E-state index is 12.1. The Kier molecular flexibility index (Phi) is 7.10. The summed E-state index contributed by atoms with van der Waals surface area (Å²) in [6.45, 7) is 9.26. The van der Waals surface area contributed by atoms with E-state index in [4.69, 9.17) is 0 Å². The van der Waals surface area contributed by atoms with Crippen LogP contribution in [0.3, 0.4) is 0 Å². The van der Waals surface area contributed by atoms with Gasteiger partial charge in [0.15, 0.2) is 0 Å². The fraction of sp³-hybridized carbons (Fsp3) is 0.923. The number of carbonyl (C=O) groups is 1. The molecule has 1 aliphatic heterocycles. The van der Waals surface area contributed by atoms with E-state index in [0.717, 1.165) is 32.5 Å². The van der Waals surface area contributed by atoms with E-state index < -0.39 is 0 Å². The molecule has 1 fully saturated rings. The van der Waals surface area contributed by atoms with Crippen LogP contribution >= 0.6 is 12.4 Å². The molecule has 0 aromatic carbocycles. The summed E-state index contributed by atoms with van der Waals surface area (Å²) in [4.78, 5) is 14.1. The van der Waals surface area contributed by atoms with Gasteiger partial charge in [-0.25, -0.2) is 0 Å². The highest BCUT2D eigenvalue weighted by Crippen LogP contribution is 2.34. The molecule has 1 atom stereocenters. The summed E-state index contributed by atoms with van der Waals surface area (Å²) in [5.74, 6) is 0.420. The Balaban J connectivity index is 0.00000256. The number of likely N-dealkylation sites (tertiary alicyclic amines) is 1. The van der Waals surface area contributed by atoms with Crippen LogP contribution in [0, 0.1) is 11.3 Å². The number of piperidine rings is 1. The number of amides is 1. The number of hydrogen-bond donors (Lipinski definition) is 1. The lowest BCUT2D eigenvalue weighted by atomic mass is 9.78. The molecule has 0 bridgehead atoms. The monoisotopic (exact) mass is 262 g/mol. The van der Waals surface area contributed by atoms with Gasteiger partial charge in [-0.15, -0.1) is 12.4 Å². The standard InChI is InChI=1S/C13H26N2O.ClH/c1-5-13(3)6-8-15(9-7-13)12(16)11(2)10-14-4;/h11,14H,5-10H2,1-4H3;1H. The van der Waals surface area contributed by atoms with Gasteiger partial charge in [-0.1, -0.05) is 27.2 Å². The Hall–Kier alpha value is -0.280. The van der Waals surface area contributed by atoms with Gasteiger partial charge in [-0.2, -0.15) is 0 Å². The summed E-state index contributed by atoms with van der Waals surface area (Å²) < 4.78 is 0. The zero-order valence-corrected chi connectivity index (χ0v) is 12.4. The highest BCUT2D eigenvalue weighted by molar-refractivity contribution is 5.85. The van der Waals surface area contributed by atoms with Crippen LogP contribution < -0.4 is 5.32 Å². The maximum Gasteiger partial charge on any atom is 0.226 e. The van der Waals surface area contributed by atoms with Gasteiger partial charge in [0.05, 0.1) is 0 Å². The first-order chi connectivity index (χ1) is 7.52. The number of nitrogens with one attached hydrogen (secondary N) is 1. The molecule has 0 spiro atoms. The van der Waals surface area contributed by atoms with E-state index in [2.05, 4.69) is 19.2 Å². The molecule has 102 valence electrons. The van der Waals surface area contributed by atoms with E-state index in [1.165, 1.54) is 6.42 Å². The Morgan fingerprint density at radius 3 is 2.35 bits per heavy atom. The molecule has 1 saturated heterocycles. The van der Waals surface area contributed by atoms with Gasteiger partial charge in [-0.05, 0) is 25.3 Å². The summed E-state index contributed by atoms with van der Waals surface area (Å²) in [5.41, 5.74) is 0.461. The molecule has 1 N–H and O–H groups in total. The summed E-state index contributed by atoms with van der Waals surface area (Å²) in [5, 5.41) is 3.07. The van der Waals surface area contributed by atoms with Crippen molar-refractivity contribution in [1.82, 2.24) is 10.2 Å². The minimum Gasteiger partial charge on any atom is -0.342 e. The van der Waals surface area contributed by atoms with Crippen molar-refractivity contribution in [2.24, 2.45) is 11.3 Å². The topological polar surface area (TPSA) is 32.3 Å². The third-order valence-electron chi connectivity index (χ3n) is 4.07. The van der Waals surface area contributed by atoms with Crippen molar-refractivity contribution in [3.8, 4) is 0 Å². The van der Waals surface area contributed by atoms with E-state index >= 15 is 0 Å². The zero-order chi connectivity index (χ0) is 12.2. The molecule has 1 heterocycles. The lowest BCUT2D eigenvalue weighted by Crippen LogP contribution is -2.45. The number of carbonyl (C=O) groups excluding carboxylic acids is 1. The molecule has 0 radical (unpaired) electrons. The fourth-order valence-electron chi connectivity index (χ4n) is 2.33. The van der Waals surface area contributed by atoms with Gasteiger partial charge in [-0.3, -0.25) is 4.79 Å². The highest BCUT2D eigenvalue weighted by Gasteiger charge is 2.31. The second kappa shape index (κ2) is 7.22. The maximum absolute atomic E-state index is 12.1. The number of nitrogens with zero attached hydrogens (tertiary/aromatic N) is 1. The molecule has 0 aliphatic carbocycles. The van der Waals surface area contributed by atoms with Crippen molar-refractivity contribution in [3.63, 3.8) is 0 Å². The van der Waals surface area contributed by atoms with Gasteiger partial charge >= 0.3 is 0 Å². The van der Waals surface area contributed by atoms with Crippen LogP contribution in [0.1, 0.15) is 40.0 Å². The molecule has 1 rings (SSSR count). The van der Waals surface area contributed by atoms with Crippen LogP contribution in [-0.2, 0) is 4.79 Å². The van der Waals surface area contributed by atoms with E-state index in [-0.39, 0.29) is 18.3 Å². The first-order valence-electron chi connectivity index (χ1n) is 6.46. The first kappa shape index (κ1) is 16.7. The molecule has 0 aromatic heterocycles. The van der Waals surface area contributed by atoms with Crippen LogP contribution in [0.5, 0.6) is 0 Å². The second-order valence-electron chi connectivity index (χ2n) is 5.45. The number of rotatable bonds is 4. The quantitative estimate of drug-likeness (QED) is 0.843. The van der Waals surface area contributed by atoms with Crippen molar-refractivity contribution in [2.45, 2.75) is 40.0 Å². The zero-order valence-electron chi connectivity index (χ0n) is 11.6. The molecule has 17 heavy (non-hydrogen) atoms. The summed E-state index contributed by atoms with van der Waals surface area (Å²) >= 11 is 0. The lowest BCUT2D eigenvalue weighted by Gasteiger charge is -2.39. The van der Waals surface area contributed by atoms with Gasteiger partial charge < -0.3 is 10.2 Å². The minimum absolute atomic E-state index is 0. The molecule has 0 aromatic rings. The predicted molar refractivity (Wildman–Crippen MR) is 74.6 cm³/mol. The molecular weight excluding hydrogens is 236 g/mol. The minimum atomic E-state index is 0. The molecular formula is C13H27ClN2O. The molecule has 4 heteroatoms. The second-order valence-corrected chi connectivity index (χ2v) is 5.45. The van der Waals surface area contributed by atoms with Crippen molar-refractivity contribution >= 4 is 18.3 Å². The molecule has 1 amide bonds. The summed E-state index contributed by atoms with van der Waals surface area (Å²) in [7, 11) is 1.90. The average molecular weight is 263 g/mol. The molecule has 0 saturated carbocycles. The Labute approximate surface area is 112 Å². The lowest BCUT2D eigenvalue weighted by molar-refractivity contribution is -0.137. The average Bonchev–Trinajstić information content (AvgIpc) is 2.29. The van der Waals surface area contributed by atoms with Gasteiger partial charge in [0.2, 0.25) is 5.91 Å². The van der Waals surface area contributed by atoms with Crippen LogP contribution in [-0.4, -0.2) is 37.5 Å². The van der Waals surface area contributed by atoms with Crippen molar-refractivity contribution in [1.29, 1.82) is 0 Å².